The monoisotopic (exact) mass is 307 g/mol. The fraction of sp³-hybridized carbons (Fsp3) is 0.944. The van der Waals surface area contributed by atoms with Gasteiger partial charge in [-0.3, -0.25) is 4.79 Å². The van der Waals surface area contributed by atoms with Crippen LogP contribution in [-0.4, -0.2) is 43.0 Å². The zero-order valence-electron chi connectivity index (χ0n) is 14.0. The quantitative estimate of drug-likeness (QED) is 0.791. The average Bonchev–Trinajstić information content (AvgIpc) is 3.38. The molecule has 3 fully saturated rings. The highest BCUT2D eigenvalue weighted by molar-refractivity contribution is 5.77. The summed E-state index contributed by atoms with van der Waals surface area (Å²) in [4.78, 5) is 14.8. The van der Waals surface area contributed by atoms with Gasteiger partial charge in [-0.2, -0.15) is 0 Å². The Morgan fingerprint density at radius 3 is 2.36 bits per heavy atom. The number of piperidine rings is 1. The molecular formula is C18H33N3O. The Labute approximate surface area is 135 Å². The van der Waals surface area contributed by atoms with E-state index in [2.05, 4.69) is 10.2 Å². The molecule has 1 aliphatic heterocycles. The number of nitrogens with two attached hydrogens (primary N) is 1. The third-order valence-electron chi connectivity index (χ3n) is 6.11. The molecule has 3 aliphatic rings. The number of hydrogen-bond acceptors (Lipinski definition) is 3. The van der Waals surface area contributed by atoms with Crippen molar-refractivity contribution in [3.05, 3.63) is 0 Å². The van der Waals surface area contributed by atoms with E-state index in [4.69, 9.17) is 5.73 Å². The first-order chi connectivity index (χ1) is 10.7. The lowest BCUT2D eigenvalue weighted by Crippen LogP contribution is -2.47. The van der Waals surface area contributed by atoms with Gasteiger partial charge in [0.15, 0.2) is 0 Å². The van der Waals surface area contributed by atoms with Crippen LogP contribution in [0.3, 0.4) is 0 Å². The van der Waals surface area contributed by atoms with E-state index in [9.17, 15) is 4.79 Å². The Morgan fingerprint density at radius 1 is 1.09 bits per heavy atom. The molecule has 1 amide bonds. The predicted octanol–water partition coefficient (Wildman–Crippen LogP) is 2.28. The largest absolute Gasteiger partial charge is 0.343 e. The van der Waals surface area contributed by atoms with Crippen LogP contribution in [0.1, 0.15) is 64.2 Å². The number of amides is 1. The highest BCUT2D eigenvalue weighted by atomic mass is 16.2. The molecule has 0 spiro atoms. The molecular weight excluding hydrogens is 274 g/mol. The maximum Gasteiger partial charge on any atom is 0.223 e. The molecule has 2 aliphatic carbocycles. The van der Waals surface area contributed by atoms with Crippen molar-refractivity contribution in [3.8, 4) is 0 Å². The Balaban J connectivity index is 1.42. The first-order valence-electron chi connectivity index (χ1n) is 9.42. The summed E-state index contributed by atoms with van der Waals surface area (Å²) in [5.74, 6) is 1.29. The standard InChI is InChI=1S/C18H33N3O/c19-14-18(8-2-1-3-9-18)12-17(22)21-10-6-16(7-11-21)20-13-15-4-5-15/h15-16,20H,1-14,19H2. The van der Waals surface area contributed by atoms with Gasteiger partial charge in [0, 0.05) is 25.6 Å². The van der Waals surface area contributed by atoms with Gasteiger partial charge in [0.05, 0.1) is 0 Å². The molecule has 0 aromatic heterocycles. The van der Waals surface area contributed by atoms with E-state index < -0.39 is 0 Å². The van der Waals surface area contributed by atoms with E-state index in [0.29, 0.717) is 24.9 Å². The summed E-state index contributed by atoms with van der Waals surface area (Å²) in [5, 5.41) is 3.69. The molecule has 1 saturated heterocycles. The second-order valence-corrected chi connectivity index (χ2v) is 7.95. The van der Waals surface area contributed by atoms with Crippen LogP contribution in [0.25, 0.3) is 0 Å². The van der Waals surface area contributed by atoms with Crippen molar-refractivity contribution in [3.63, 3.8) is 0 Å². The lowest BCUT2D eigenvalue weighted by molar-refractivity contribution is -0.135. The van der Waals surface area contributed by atoms with Gasteiger partial charge in [0.1, 0.15) is 0 Å². The number of nitrogens with zero attached hydrogens (tertiary/aromatic N) is 1. The Bertz CT molecular complexity index is 367. The minimum absolute atomic E-state index is 0.108. The van der Waals surface area contributed by atoms with Gasteiger partial charge in [0.25, 0.3) is 0 Å². The minimum Gasteiger partial charge on any atom is -0.343 e. The summed E-state index contributed by atoms with van der Waals surface area (Å²) < 4.78 is 0. The third-order valence-corrected chi connectivity index (χ3v) is 6.11. The first kappa shape index (κ1) is 16.3. The molecule has 0 bridgehead atoms. The highest BCUT2D eigenvalue weighted by Crippen LogP contribution is 2.39. The molecule has 0 unspecified atom stereocenters. The SMILES string of the molecule is NCC1(CC(=O)N2CCC(NCC3CC3)CC2)CCCCC1. The van der Waals surface area contributed by atoms with E-state index in [1.54, 1.807) is 0 Å². The molecule has 0 aromatic carbocycles. The van der Waals surface area contributed by atoms with Crippen molar-refractivity contribution in [1.29, 1.82) is 0 Å². The van der Waals surface area contributed by atoms with Crippen LogP contribution in [0.15, 0.2) is 0 Å². The fourth-order valence-electron chi connectivity index (χ4n) is 4.18. The van der Waals surface area contributed by atoms with Crippen molar-refractivity contribution in [2.75, 3.05) is 26.2 Å². The number of likely N-dealkylation sites (tertiary alicyclic amines) is 1. The van der Waals surface area contributed by atoms with E-state index >= 15 is 0 Å². The first-order valence-corrected chi connectivity index (χ1v) is 9.42. The third kappa shape index (κ3) is 4.23. The lowest BCUT2D eigenvalue weighted by Gasteiger charge is -2.39. The van der Waals surface area contributed by atoms with Crippen molar-refractivity contribution in [2.45, 2.75) is 70.3 Å². The number of rotatable bonds is 6. The fourth-order valence-corrected chi connectivity index (χ4v) is 4.18. The van der Waals surface area contributed by atoms with E-state index in [1.165, 1.54) is 38.6 Å². The van der Waals surface area contributed by atoms with Crippen molar-refractivity contribution in [1.82, 2.24) is 10.2 Å². The normalized spacial score (nSPS) is 26.1. The molecule has 126 valence electrons. The van der Waals surface area contributed by atoms with Crippen molar-refractivity contribution < 1.29 is 4.79 Å². The Kier molecular flexibility index (Phi) is 5.40. The topological polar surface area (TPSA) is 58.4 Å². The summed E-state index contributed by atoms with van der Waals surface area (Å²) >= 11 is 0. The number of carbonyl (C=O) groups is 1. The summed E-state index contributed by atoms with van der Waals surface area (Å²) in [6.45, 7) is 3.73. The van der Waals surface area contributed by atoms with Gasteiger partial charge in [-0.25, -0.2) is 0 Å². The maximum absolute atomic E-state index is 12.7. The smallest absolute Gasteiger partial charge is 0.223 e. The molecule has 4 nitrogen and oxygen atoms in total. The molecule has 4 heteroatoms. The number of hydrogen-bond donors (Lipinski definition) is 2. The van der Waals surface area contributed by atoms with Gasteiger partial charge in [-0.05, 0) is 62.9 Å². The molecule has 3 N–H and O–H groups in total. The Morgan fingerprint density at radius 2 is 1.77 bits per heavy atom. The molecule has 22 heavy (non-hydrogen) atoms. The van der Waals surface area contributed by atoms with E-state index in [0.717, 1.165) is 44.7 Å². The number of carbonyl (C=O) groups excluding carboxylic acids is 1. The van der Waals surface area contributed by atoms with Crippen LogP contribution in [-0.2, 0) is 4.79 Å². The molecule has 3 rings (SSSR count). The van der Waals surface area contributed by atoms with Gasteiger partial charge in [-0.1, -0.05) is 19.3 Å². The second-order valence-electron chi connectivity index (χ2n) is 7.95. The van der Waals surface area contributed by atoms with E-state index in [1.807, 2.05) is 0 Å². The van der Waals surface area contributed by atoms with Crippen LogP contribution >= 0.6 is 0 Å². The van der Waals surface area contributed by atoms with E-state index in [-0.39, 0.29) is 5.41 Å². The van der Waals surface area contributed by atoms with Crippen molar-refractivity contribution >= 4 is 5.91 Å². The molecule has 2 saturated carbocycles. The second kappa shape index (κ2) is 7.31. The lowest BCUT2D eigenvalue weighted by atomic mass is 9.71. The minimum atomic E-state index is 0.108. The number of nitrogens with one attached hydrogen (secondary N) is 1. The van der Waals surface area contributed by atoms with Crippen LogP contribution in [0.2, 0.25) is 0 Å². The predicted molar refractivity (Wildman–Crippen MR) is 89.5 cm³/mol. The molecule has 1 heterocycles. The average molecular weight is 307 g/mol. The molecule has 0 atom stereocenters. The van der Waals surface area contributed by atoms with Gasteiger partial charge in [0.2, 0.25) is 5.91 Å². The zero-order valence-corrected chi connectivity index (χ0v) is 14.0. The van der Waals surface area contributed by atoms with Crippen LogP contribution in [0.5, 0.6) is 0 Å². The van der Waals surface area contributed by atoms with Crippen LogP contribution in [0.4, 0.5) is 0 Å². The van der Waals surface area contributed by atoms with Gasteiger partial charge >= 0.3 is 0 Å². The van der Waals surface area contributed by atoms with Crippen LogP contribution in [0, 0.1) is 11.3 Å². The zero-order chi connectivity index (χ0) is 15.4. The summed E-state index contributed by atoms with van der Waals surface area (Å²) in [6.07, 6.45) is 11.8. The highest BCUT2D eigenvalue weighted by Gasteiger charge is 2.35. The van der Waals surface area contributed by atoms with Crippen LogP contribution < -0.4 is 11.1 Å². The van der Waals surface area contributed by atoms with Gasteiger partial charge in [-0.15, -0.1) is 0 Å². The van der Waals surface area contributed by atoms with Crippen molar-refractivity contribution in [2.24, 2.45) is 17.1 Å². The summed E-state index contributed by atoms with van der Waals surface area (Å²) in [7, 11) is 0. The van der Waals surface area contributed by atoms with Gasteiger partial charge < -0.3 is 16.0 Å². The summed E-state index contributed by atoms with van der Waals surface area (Å²) in [6, 6.07) is 0.628. The molecule has 0 aromatic rings. The Hall–Kier alpha value is -0.610. The molecule has 0 radical (unpaired) electrons. The maximum atomic E-state index is 12.7. The summed E-state index contributed by atoms with van der Waals surface area (Å²) in [5.41, 5.74) is 6.14.